The van der Waals surface area contributed by atoms with Crippen molar-refractivity contribution in [1.82, 2.24) is 15.1 Å². The monoisotopic (exact) mass is 775 g/mol. The van der Waals surface area contributed by atoms with Crippen LogP contribution in [0.4, 0.5) is 16.2 Å². The number of halogens is 1. The number of ether oxygens (including phenoxy) is 2. The molecule has 1 heterocycles. The highest BCUT2D eigenvalue weighted by atomic mass is 127. The standard InChI is InChI=1S/C34H42IN5O8/c1-4-6-7-8-9-18-38(21-23-10-14-25(36-3)15-11-23)33(44)39-22-27(48-31(42)24-12-16-26(17-13-24)40(45)46)19-28(39)30(41)37-34(20-29(34)35)32(43)47-5-2/h4,10-17,27-29,36H,1,5-9,18-22H2,2-3H3,(H,37,41)/t27-,28+,29-,34-/m1/s1. The maximum Gasteiger partial charge on any atom is 0.338 e. The molecule has 13 nitrogen and oxygen atoms in total. The number of carbonyl (C=O) groups excluding carboxylic acids is 4. The summed E-state index contributed by atoms with van der Waals surface area (Å²) in [6, 6.07) is 11.3. The quantitative estimate of drug-likeness (QED) is 0.0443. The van der Waals surface area contributed by atoms with E-state index in [4.69, 9.17) is 9.47 Å². The largest absolute Gasteiger partial charge is 0.464 e. The molecule has 0 radical (unpaired) electrons. The van der Waals surface area contributed by atoms with Crippen LogP contribution in [0.25, 0.3) is 0 Å². The second-order valence-corrected chi connectivity index (χ2v) is 13.4. The van der Waals surface area contributed by atoms with Gasteiger partial charge in [0.15, 0.2) is 5.54 Å². The predicted molar refractivity (Wildman–Crippen MR) is 188 cm³/mol. The molecule has 0 aromatic heterocycles. The Morgan fingerprint density at radius 2 is 1.81 bits per heavy atom. The number of nitrogens with zero attached hydrogens (tertiary/aromatic N) is 3. The van der Waals surface area contributed by atoms with E-state index in [1.807, 2.05) is 37.4 Å². The molecule has 48 heavy (non-hydrogen) atoms. The molecule has 14 heteroatoms. The summed E-state index contributed by atoms with van der Waals surface area (Å²) in [4.78, 5) is 67.7. The maximum atomic E-state index is 14.3. The summed E-state index contributed by atoms with van der Waals surface area (Å²) in [7, 11) is 1.82. The highest BCUT2D eigenvalue weighted by Crippen LogP contribution is 2.44. The van der Waals surface area contributed by atoms with Crippen molar-refractivity contribution in [3.63, 3.8) is 0 Å². The molecule has 2 aliphatic rings. The number of benzene rings is 2. The van der Waals surface area contributed by atoms with Crippen LogP contribution in [0.5, 0.6) is 0 Å². The summed E-state index contributed by atoms with van der Waals surface area (Å²) in [5.41, 5.74) is 0.580. The summed E-state index contributed by atoms with van der Waals surface area (Å²) in [5.74, 6) is -1.79. The number of unbranched alkanes of at least 4 members (excludes halogenated alkanes) is 3. The molecule has 4 atom stereocenters. The fraction of sp³-hybridized carbons (Fsp3) is 0.471. The van der Waals surface area contributed by atoms with Crippen molar-refractivity contribution in [3.05, 3.63) is 82.4 Å². The fourth-order valence-electron chi connectivity index (χ4n) is 5.65. The molecule has 1 saturated carbocycles. The SMILES string of the molecule is C=CCCCCCN(Cc1ccc(NC)cc1)C(=O)N1C[C@H](OC(=O)c2ccc([N+](=O)[O-])cc2)C[C@H]1C(=O)N[C@]1(C(=O)OCC)C[C@H]1I. The number of nitro groups is 1. The third kappa shape index (κ3) is 9.02. The van der Waals surface area contributed by atoms with Crippen LogP contribution in [0.1, 0.15) is 61.4 Å². The van der Waals surface area contributed by atoms with Gasteiger partial charge in [0, 0.05) is 48.3 Å². The topological polar surface area (TPSA) is 160 Å². The van der Waals surface area contributed by atoms with E-state index in [1.165, 1.54) is 29.2 Å². The molecule has 2 fully saturated rings. The van der Waals surface area contributed by atoms with Crippen LogP contribution >= 0.6 is 22.6 Å². The smallest absolute Gasteiger partial charge is 0.338 e. The van der Waals surface area contributed by atoms with Gasteiger partial charge in [-0.15, -0.1) is 6.58 Å². The summed E-state index contributed by atoms with van der Waals surface area (Å²) >= 11 is 2.10. The first-order valence-corrected chi connectivity index (χ1v) is 17.3. The Balaban J connectivity index is 1.57. The van der Waals surface area contributed by atoms with Gasteiger partial charge in [-0.1, -0.05) is 47.2 Å². The van der Waals surface area contributed by atoms with E-state index >= 15 is 0 Å². The van der Waals surface area contributed by atoms with Crippen LogP contribution in [-0.4, -0.2) is 87.0 Å². The van der Waals surface area contributed by atoms with Gasteiger partial charge in [-0.3, -0.25) is 14.9 Å². The number of alkyl halides is 1. The van der Waals surface area contributed by atoms with Crippen LogP contribution in [0, 0.1) is 10.1 Å². The number of nitro benzene ring substituents is 1. The van der Waals surface area contributed by atoms with Crippen molar-refractivity contribution in [3.8, 4) is 0 Å². The second kappa shape index (κ2) is 16.8. The van der Waals surface area contributed by atoms with Crippen LogP contribution in [0.15, 0.2) is 61.2 Å². The molecule has 1 aliphatic carbocycles. The minimum Gasteiger partial charge on any atom is -0.464 e. The molecule has 2 aromatic rings. The number of hydrogen-bond donors (Lipinski definition) is 2. The van der Waals surface area contributed by atoms with Crippen molar-refractivity contribution < 1.29 is 33.6 Å². The van der Waals surface area contributed by atoms with E-state index in [0.29, 0.717) is 19.5 Å². The molecule has 2 N–H and O–H groups in total. The lowest BCUT2D eigenvalue weighted by molar-refractivity contribution is -0.384. The van der Waals surface area contributed by atoms with Crippen molar-refractivity contribution in [2.45, 2.75) is 73.6 Å². The fourth-order valence-corrected chi connectivity index (χ4v) is 6.75. The molecule has 1 aliphatic heterocycles. The molecule has 2 aromatic carbocycles. The Kier molecular flexibility index (Phi) is 12.8. The highest BCUT2D eigenvalue weighted by molar-refractivity contribution is 14.1. The lowest BCUT2D eigenvalue weighted by atomic mass is 10.1. The molecule has 3 amide bonds. The number of allylic oxidation sites excluding steroid dienone is 1. The van der Waals surface area contributed by atoms with Gasteiger partial charge < -0.3 is 29.9 Å². The van der Waals surface area contributed by atoms with E-state index in [0.717, 1.165) is 36.9 Å². The van der Waals surface area contributed by atoms with Gasteiger partial charge in [-0.25, -0.2) is 14.4 Å². The Morgan fingerprint density at radius 1 is 1.12 bits per heavy atom. The predicted octanol–water partition coefficient (Wildman–Crippen LogP) is 5.23. The third-order valence-corrected chi connectivity index (χ3v) is 9.99. The van der Waals surface area contributed by atoms with Crippen LogP contribution in [0.2, 0.25) is 0 Å². The lowest BCUT2D eigenvalue weighted by Crippen LogP contribution is -2.55. The minimum absolute atomic E-state index is 0.00511. The number of non-ortho nitro benzene ring substituents is 1. The lowest BCUT2D eigenvalue weighted by Gasteiger charge is -2.32. The van der Waals surface area contributed by atoms with Crippen molar-refractivity contribution in [2.75, 3.05) is 32.1 Å². The zero-order valence-corrected chi connectivity index (χ0v) is 29.3. The van der Waals surface area contributed by atoms with Gasteiger partial charge in [-0.2, -0.15) is 0 Å². The van der Waals surface area contributed by atoms with Gasteiger partial charge in [0.05, 0.1) is 23.6 Å². The average molecular weight is 776 g/mol. The summed E-state index contributed by atoms with van der Waals surface area (Å²) in [5, 5.41) is 17.0. The number of likely N-dealkylation sites (tertiary alicyclic amines) is 1. The number of nitrogens with one attached hydrogen (secondary N) is 2. The summed E-state index contributed by atoms with van der Waals surface area (Å²) in [6.07, 6.45) is 4.85. The van der Waals surface area contributed by atoms with Gasteiger partial charge in [0.25, 0.3) is 5.69 Å². The van der Waals surface area contributed by atoms with E-state index in [-0.39, 0.29) is 34.7 Å². The summed E-state index contributed by atoms with van der Waals surface area (Å²) < 4.78 is 10.8. The van der Waals surface area contributed by atoms with Crippen molar-refractivity contribution >= 4 is 57.8 Å². The number of rotatable bonds is 16. The average Bonchev–Trinajstić information content (AvgIpc) is 3.54. The number of urea groups is 1. The van der Waals surface area contributed by atoms with Gasteiger partial charge in [0.1, 0.15) is 12.1 Å². The molecular formula is C34H42IN5O8. The summed E-state index contributed by atoms with van der Waals surface area (Å²) in [6.45, 7) is 6.30. The highest BCUT2D eigenvalue weighted by Gasteiger charge is 2.62. The Labute approximate surface area is 293 Å². The molecule has 258 valence electrons. The van der Waals surface area contributed by atoms with Crippen molar-refractivity contribution in [1.29, 1.82) is 0 Å². The number of carbonyl (C=O) groups is 4. The van der Waals surface area contributed by atoms with Gasteiger partial charge in [-0.05, 0) is 62.4 Å². The molecule has 0 spiro atoms. The maximum absolute atomic E-state index is 14.3. The number of hydrogen-bond acceptors (Lipinski definition) is 9. The van der Waals surface area contributed by atoms with E-state index < -0.39 is 46.5 Å². The Hall–Kier alpha value is -4.21. The first kappa shape index (κ1) is 36.6. The van der Waals surface area contributed by atoms with E-state index in [1.54, 1.807) is 11.8 Å². The molecule has 4 rings (SSSR count). The third-order valence-electron chi connectivity index (χ3n) is 8.48. The number of amides is 3. The molecular weight excluding hydrogens is 733 g/mol. The Bertz CT molecular complexity index is 1490. The molecule has 0 bridgehead atoms. The second-order valence-electron chi connectivity index (χ2n) is 11.9. The first-order valence-electron chi connectivity index (χ1n) is 16.0. The van der Waals surface area contributed by atoms with E-state index in [9.17, 15) is 29.3 Å². The minimum atomic E-state index is -1.18. The van der Waals surface area contributed by atoms with Crippen LogP contribution in [-0.2, 0) is 25.6 Å². The zero-order valence-electron chi connectivity index (χ0n) is 27.2. The van der Waals surface area contributed by atoms with E-state index in [2.05, 4.69) is 39.8 Å². The van der Waals surface area contributed by atoms with Crippen LogP contribution in [0.3, 0.4) is 0 Å². The molecule has 1 saturated heterocycles. The molecule has 0 unspecified atom stereocenters. The van der Waals surface area contributed by atoms with Crippen molar-refractivity contribution in [2.24, 2.45) is 0 Å². The van der Waals surface area contributed by atoms with Gasteiger partial charge in [0.2, 0.25) is 5.91 Å². The van der Waals surface area contributed by atoms with Gasteiger partial charge >= 0.3 is 18.0 Å². The Morgan fingerprint density at radius 3 is 2.40 bits per heavy atom. The first-order chi connectivity index (χ1) is 23.0. The van der Waals surface area contributed by atoms with Crippen LogP contribution < -0.4 is 10.6 Å². The number of esters is 2. The zero-order chi connectivity index (χ0) is 34.8. The normalized spacial score (nSPS) is 21.1. The number of anilines is 1.